The molecular weight excluding hydrogens is 228 g/mol. The molecule has 6 heteroatoms. The molecule has 0 bridgehead atoms. The van der Waals surface area contributed by atoms with Crippen LogP contribution in [-0.4, -0.2) is 47.2 Å². The van der Waals surface area contributed by atoms with Crippen molar-refractivity contribution in [2.75, 3.05) is 31.1 Å². The Morgan fingerprint density at radius 3 is 2.62 bits per heavy atom. The minimum Gasteiger partial charge on any atom is -0.367 e. The lowest BCUT2D eigenvalue weighted by molar-refractivity contribution is -0.129. The molecule has 0 saturated carbocycles. The second-order valence-corrected chi connectivity index (χ2v) is 4.12. The van der Waals surface area contributed by atoms with Gasteiger partial charge >= 0.3 is 0 Å². The number of nitrogens with zero attached hydrogens (tertiary/aromatic N) is 4. The van der Waals surface area contributed by atoms with Gasteiger partial charge in [-0.2, -0.15) is 5.10 Å². The lowest BCUT2D eigenvalue weighted by atomic mass is 10.3. The molecule has 1 aliphatic rings. The van der Waals surface area contributed by atoms with E-state index in [1.54, 1.807) is 19.2 Å². The Labute approximate surface area is 99.0 Å². The minimum absolute atomic E-state index is 0.130. The molecule has 1 aliphatic heterocycles. The molecule has 16 heavy (non-hydrogen) atoms. The third kappa shape index (κ3) is 2.41. The highest BCUT2D eigenvalue weighted by Crippen LogP contribution is 2.17. The van der Waals surface area contributed by atoms with Crippen molar-refractivity contribution >= 4 is 23.2 Å². The van der Waals surface area contributed by atoms with Gasteiger partial charge in [-0.15, -0.1) is 5.10 Å². The van der Waals surface area contributed by atoms with Crippen LogP contribution in [0.3, 0.4) is 0 Å². The highest BCUT2D eigenvalue weighted by Gasteiger charge is 2.19. The van der Waals surface area contributed by atoms with Crippen molar-refractivity contribution in [2.24, 2.45) is 0 Å². The Bertz CT molecular complexity index is 390. The SMILES string of the molecule is CC(=O)N1CCN(c2cnnc(Cl)c2)CC1. The van der Waals surface area contributed by atoms with Crippen LogP contribution >= 0.6 is 11.6 Å². The normalized spacial score (nSPS) is 16.4. The third-order valence-electron chi connectivity index (χ3n) is 2.70. The number of hydrogen-bond donors (Lipinski definition) is 0. The summed E-state index contributed by atoms with van der Waals surface area (Å²) in [4.78, 5) is 15.2. The number of aromatic nitrogens is 2. The molecule has 1 aromatic heterocycles. The molecule has 0 aromatic carbocycles. The Hall–Kier alpha value is -1.36. The van der Waals surface area contributed by atoms with Gasteiger partial charge < -0.3 is 9.80 Å². The van der Waals surface area contributed by atoms with Crippen LogP contribution in [0.5, 0.6) is 0 Å². The minimum atomic E-state index is 0.130. The van der Waals surface area contributed by atoms with Crippen molar-refractivity contribution < 1.29 is 4.79 Å². The Kier molecular flexibility index (Phi) is 3.24. The number of hydrogen-bond acceptors (Lipinski definition) is 4. The van der Waals surface area contributed by atoms with Crippen LogP contribution in [0.25, 0.3) is 0 Å². The Balaban J connectivity index is 2.01. The zero-order valence-electron chi connectivity index (χ0n) is 9.06. The summed E-state index contributed by atoms with van der Waals surface area (Å²) in [7, 11) is 0. The second kappa shape index (κ2) is 4.65. The van der Waals surface area contributed by atoms with Crippen molar-refractivity contribution in [1.29, 1.82) is 0 Å². The van der Waals surface area contributed by atoms with Crippen LogP contribution in [0.2, 0.25) is 5.15 Å². The van der Waals surface area contributed by atoms with E-state index >= 15 is 0 Å². The zero-order valence-corrected chi connectivity index (χ0v) is 9.81. The molecule has 2 heterocycles. The molecule has 0 unspecified atom stereocenters. The molecule has 0 radical (unpaired) electrons. The van der Waals surface area contributed by atoms with Gasteiger partial charge in [0.25, 0.3) is 0 Å². The van der Waals surface area contributed by atoms with Crippen LogP contribution in [0.1, 0.15) is 6.92 Å². The monoisotopic (exact) mass is 240 g/mol. The van der Waals surface area contributed by atoms with E-state index in [0.717, 1.165) is 31.9 Å². The first kappa shape index (κ1) is 11.1. The Morgan fingerprint density at radius 1 is 1.38 bits per heavy atom. The summed E-state index contributed by atoms with van der Waals surface area (Å²) in [5.74, 6) is 0.130. The van der Waals surface area contributed by atoms with E-state index in [1.807, 2.05) is 4.90 Å². The maximum absolute atomic E-state index is 11.2. The van der Waals surface area contributed by atoms with E-state index in [-0.39, 0.29) is 5.91 Å². The smallest absolute Gasteiger partial charge is 0.219 e. The van der Waals surface area contributed by atoms with Crippen LogP contribution < -0.4 is 4.90 Å². The van der Waals surface area contributed by atoms with E-state index in [1.165, 1.54) is 0 Å². The average Bonchev–Trinajstić information content (AvgIpc) is 2.29. The molecule has 0 atom stereocenters. The molecule has 2 rings (SSSR count). The first-order valence-corrected chi connectivity index (χ1v) is 5.53. The highest BCUT2D eigenvalue weighted by molar-refractivity contribution is 6.29. The summed E-state index contributed by atoms with van der Waals surface area (Å²) in [6.07, 6.45) is 1.69. The van der Waals surface area contributed by atoms with Gasteiger partial charge in [0.2, 0.25) is 5.91 Å². The van der Waals surface area contributed by atoms with Gasteiger partial charge in [-0.3, -0.25) is 4.79 Å². The predicted molar refractivity (Wildman–Crippen MR) is 61.5 cm³/mol. The van der Waals surface area contributed by atoms with Gasteiger partial charge in [-0.05, 0) is 0 Å². The fourth-order valence-electron chi connectivity index (χ4n) is 1.78. The van der Waals surface area contributed by atoms with E-state index in [0.29, 0.717) is 5.15 Å². The molecule has 1 amide bonds. The molecule has 1 saturated heterocycles. The van der Waals surface area contributed by atoms with Gasteiger partial charge in [0.15, 0.2) is 5.15 Å². The second-order valence-electron chi connectivity index (χ2n) is 3.73. The average molecular weight is 241 g/mol. The fraction of sp³-hybridized carbons (Fsp3) is 0.500. The van der Waals surface area contributed by atoms with Crippen LogP contribution in [0.15, 0.2) is 12.3 Å². The first-order chi connectivity index (χ1) is 7.66. The largest absolute Gasteiger partial charge is 0.367 e. The van der Waals surface area contributed by atoms with E-state index in [9.17, 15) is 4.79 Å². The lowest BCUT2D eigenvalue weighted by Gasteiger charge is -2.35. The summed E-state index contributed by atoms with van der Waals surface area (Å²) < 4.78 is 0. The standard InChI is InChI=1S/C10H13ClN4O/c1-8(16)14-2-4-15(5-3-14)9-6-10(11)13-12-7-9/h6-7H,2-5H2,1H3. The summed E-state index contributed by atoms with van der Waals surface area (Å²) in [6.45, 7) is 4.70. The molecule has 0 N–H and O–H groups in total. The van der Waals surface area contributed by atoms with E-state index in [4.69, 9.17) is 11.6 Å². The first-order valence-electron chi connectivity index (χ1n) is 5.15. The molecule has 1 aromatic rings. The summed E-state index contributed by atoms with van der Waals surface area (Å²) in [5, 5.41) is 7.91. The molecule has 86 valence electrons. The number of rotatable bonds is 1. The quantitative estimate of drug-likeness (QED) is 0.729. The topological polar surface area (TPSA) is 49.3 Å². The van der Waals surface area contributed by atoms with E-state index < -0.39 is 0 Å². The van der Waals surface area contributed by atoms with Gasteiger partial charge in [-0.1, -0.05) is 11.6 Å². The molecule has 1 fully saturated rings. The number of amides is 1. The number of anilines is 1. The number of piperazine rings is 1. The number of carbonyl (C=O) groups is 1. The van der Waals surface area contributed by atoms with Crippen molar-refractivity contribution in [1.82, 2.24) is 15.1 Å². The van der Waals surface area contributed by atoms with Gasteiger partial charge in [0.1, 0.15) is 0 Å². The maximum Gasteiger partial charge on any atom is 0.219 e. The molecular formula is C10H13ClN4O. The van der Waals surface area contributed by atoms with Crippen molar-refractivity contribution in [3.05, 3.63) is 17.4 Å². The van der Waals surface area contributed by atoms with Gasteiger partial charge in [-0.25, -0.2) is 0 Å². The van der Waals surface area contributed by atoms with Crippen molar-refractivity contribution in [3.63, 3.8) is 0 Å². The lowest BCUT2D eigenvalue weighted by Crippen LogP contribution is -2.48. The number of halogens is 1. The van der Waals surface area contributed by atoms with E-state index in [2.05, 4.69) is 15.1 Å². The van der Waals surface area contributed by atoms with Crippen molar-refractivity contribution in [2.45, 2.75) is 6.92 Å². The molecule has 0 spiro atoms. The van der Waals surface area contributed by atoms with Crippen LogP contribution in [0, 0.1) is 0 Å². The molecule has 0 aliphatic carbocycles. The third-order valence-corrected chi connectivity index (χ3v) is 2.89. The van der Waals surface area contributed by atoms with Crippen molar-refractivity contribution in [3.8, 4) is 0 Å². The van der Waals surface area contributed by atoms with Gasteiger partial charge in [0.05, 0.1) is 11.9 Å². The predicted octanol–water partition coefficient (Wildman–Crippen LogP) is 0.799. The summed E-state index contributed by atoms with van der Waals surface area (Å²) >= 11 is 5.78. The summed E-state index contributed by atoms with van der Waals surface area (Å²) in [6, 6.07) is 1.79. The zero-order chi connectivity index (χ0) is 11.5. The molecule has 5 nitrogen and oxygen atoms in total. The fourth-order valence-corrected chi connectivity index (χ4v) is 1.94. The number of carbonyl (C=O) groups excluding carboxylic acids is 1. The van der Waals surface area contributed by atoms with Crippen LogP contribution in [-0.2, 0) is 4.79 Å². The van der Waals surface area contributed by atoms with Crippen LogP contribution in [0.4, 0.5) is 5.69 Å². The van der Waals surface area contributed by atoms with Gasteiger partial charge in [0, 0.05) is 39.2 Å². The maximum atomic E-state index is 11.2. The highest BCUT2D eigenvalue weighted by atomic mass is 35.5. The summed E-state index contributed by atoms with van der Waals surface area (Å²) in [5.41, 5.74) is 0.961. The Morgan fingerprint density at radius 2 is 2.06 bits per heavy atom.